The maximum Gasteiger partial charge on any atom is 0.339 e. The van der Waals surface area contributed by atoms with Gasteiger partial charge in [-0.2, -0.15) is 0 Å². The Morgan fingerprint density at radius 2 is 2.05 bits per heavy atom. The molecular weight excluding hydrogens is 256 g/mol. The third kappa shape index (κ3) is 2.72. The number of fused-ring (bicyclic) bond motifs is 1. The van der Waals surface area contributed by atoms with E-state index in [4.69, 9.17) is 0 Å². The van der Waals surface area contributed by atoms with Gasteiger partial charge in [-0.3, -0.25) is 4.98 Å². The molecule has 0 saturated carbocycles. The first-order valence-electron chi connectivity index (χ1n) is 6.53. The van der Waals surface area contributed by atoms with Gasteiger partial charge in [-0.1, -0.05) is 32.0 Å². The largest absolute Gasteiger partial charge is 0.478 e. The van der Waals surface area contributed by atoms with E-state index in [2.05, 4.69) is 10.3 Å². The van der Waals surface area contributed by atoms with Crippen molar-refractivity contribution < 1.29 is 15.0 Å². The van der Waals surface area contributed by atoms with E-state index in [0.717, 1.165) is 10.9 Å². The number of benzene rings is 1. The minimum absolute atomic E-state index is 0.0621. The van der Waals surface area contributed by atoms with Crippen molar-refractivity contribution in [2.75, 3.05) is 11.9 Å². The lowest BCUT2D eigenvalue weighted by molar-refractivity contribution is 0.0697. The van der Waals surface area contributed by atoms with E-state index in [1.54, 1.807) is 0 Å². The van der Waals surface area contributed by atoms with Gasteiger partial charge in [0.2, 0.25) is 0 Å². The lowest BCUT2D eigenvalue weighted by atomic mass is 10.0. The Balaban J connectivity index is 2.57. The van der Waals surface area contributed by atoms with E-state index in [0.29, 0.717) is 5.69 Å². The molecule has 2 aromatic rings. The fourth-order valence-corrected chi connectivity index (χ4v) is 2.07. The lowest BCUT2D eigenvalue weighted by Crippen LogP contribution is -2.30. The van der Waals surface area contributed by atoms with Crippen molar-refractivity contribution in [2.24, 2.45) is 5.92 Å². The third-order valence-corrected chi connectivity index (χ3v) is 3.34. The number of nitrogens with zero attached hydrogens (tertiary/aromatic N) is 1. The van der Waals surface area contributed by atoms with Crippen molar-refractivity contribution in [2.45, 2.75) is 19.9 Å². The number of para-hydroxylation sites is 1. The molecule has 106 valence electrons. The number of aliphatic hydroxyl groups excluding tert-OH is 1. The number of carbonyl (C=O) groups is 1. The van der Waals surface area contributed by atoms with Gasteiger partial charge in [0.05, 0.1) is 23.9 Å². The van der Waals surface area contributed by atoms with E-state index in [9.17, 15) is 15.0 Å². The van der Waals surface area contributed by atoms with Crippen LogP contribution in [0, 0.1) is 5.92 Å². The molecule has 0 fully saturated rings. The molecule has 1 aromatic carbocycles. The lowest BCUT2D eigenvalue weighted by Gasteiger charge is -2.23. The molecule has 5 nitrogen and oxygen atoms in total. The fourth-order valence-electron chi connectivity index (χ4n) is 2.07. The van der Waals surface area contributed by atoms with Crippen molar-refractivity contribution in [3.63, 3.8) is 0 Å². The van der Waals surface area contributed by atoms with Gasteiger partial charge in [-0.25, -0.2) is 4.79 Å². The third-order valence-electron chi connectivity index (χ3n) is 3.34. The number of aromatic carboxylic acids is 1. The summed E-state index contributed by atoms with van der Waals surface area (Å²) in [4.78, 5) is 15.5. The molecule has 0 unspecified atom stereocenters. The standard InChI is InChI=1S/C15H18N2O3/c1-9(2)13(8-18)17-14-10-5-3-4-6-12(10)16-7-11(14)15(19)20/h3-7,9,13,18H,8H2,1-2H3,(H,16,17)(H,19,20)/t13-/m1/s1. The normalized spacial score (nSPS) is 12.6. The number of carboxylic acids is 1. The predicted molar refractivity (Wildman–Crippen MR) is 78.0 cm³/mol. The van der Waals surface area contributed by atoms with Crippen LogP contribution >= 0.6 is 0 Å². The van der Waals surface area contributed by atoms with Crippen LogP contribution in [0.5, 0.6) is 0 Å². The smallest absolute Gasteiger partial charge is 0.339 e. The molecule has 0 aliphatic heterocycles. The Bertz CT molecular complexity index is 626. The Hall–Kier alpha value is -2.14. The van der Waals surface area contributed by atoms with Crippen LogP contribution in [0.2, 0.25) is 0 Å². The molecule has 1 heterocycles. The average Bonchev–Trinajstić information content (AvgIpc) is 2.43. The zero-order valence-corrected chi connectivity index (χ0v) is 11.5. The van der Waals surface area contributed by atoms with Crippen molar-refractivity contribution in [3.05, 3.63) is 36.0 Å². The highest BCUT2D eigenvalue weighted by Crippen LogP contribution is 2.27. The monoisotopic (exact) mass is 274 g/mol. The summed E-state index contributed by atoms with van der Waals surface area (Å²) in [7, 11) is 0. The fraction of sp³-hybridized carbons (Fsp3) is 0.333. The second kappa shape index (κ2) is 5.88. The van der Waals surface area contributed by atoms with Crippen LogP contribution in [0.3, 0.4) is 0 Å². The van der Waals surface area contributed by atoms with Crippen LogP contribution in [0.25, 0.3) is 10.9 Å². The van der Waals surface area contributed by atoms with Gasteiger partial charge in [0.1, 0.15) is 5.56 Å². The summed E-state index contributed by atoms with van der Waals surface area (Å²) in [6, 6.07) is 7.13. The molecular formula is C15H18N2O3. The highest BCUT2D eigenvalue weighted by molar-refractivity contribution is 6.04. The Morgan fingerprint density at radius 1 is 1.35 bits per heavy atom. The van der Waals surface area contributed by atoms with Crippen LogP contribution in [0.15, 0.2) is 30.5 Å². The van der Waals surface area contributed by atoms with Gasteiger partial charge in [-0.05, 0) is 12.0 Å². The maximum atomic E-state index is 11.4. The molecule has 0 aliphatic carbocycles. The molecule has 0 aliphatic rings. The molecule has 0 bridgehead atoms. The van der Waals surface area contributed by atoms with Crippen LogP contribution in [0.4, 0.5) is 5.69 Å². The van der Waals surface area contributed by atoms with E-state index < -0.39 is 5.97 Å². The van der Waals surface area contributed by atoms with Crippen LogP contribution in [-0.4, -0.2) is 33.8 Å². The van der Waals surface area contributed by atoms with Gasteiger partial charge in [0, 0.05) is 11.6 Å². The molecule has 0 spiro atoms. The van der Waals surface area contributed by atoms with Gasteiger partial charge < -0.3 is 15.5 Å². The number of hydrogen-bond acceptors (Lipinski definition) is 4. The Labute approximate surface area is 117 Å². The Kier molecular flexibility index (Phi) is 4.20. The number of carboxylic acid groups (broad SMARTS) is 1. The number of aliphatic hydroxyl groups is 1. The molecule has 0 amide bonds. The Morgan fingerprint density at radius 3 is 2.65 bits per heavy atom. The second-order valence-corrected chi connectivity index (χ2v) is 5.05. The van der Waals surface area contributed by atoms with Gasteiger partial charge in [0.15, 0.2) is 0 Å². The van der Waals surface area contributed by atoms with Crippen molar-refractivity contribution in [3.8, 4) is 0 Å². The predicted octanol–water partition coefficient (Wildman–Crippen LogP) is 2.36. The molecule has 0 radical (unpaired) electrons. The van der Waals surface area contributed by atoms with Crippen molar-refractivity contribution in [1.82, 2.24) is 4.98 Å². The SMILES string of the molecule is CC(C)[C@@H](CO)Nc1c(C(=O)O)cnc2ccccc12. The number of nitrogens with one attached hydrogen (secondary N) is 1. The number of anilines is 1. The zero-order valence-electron chi connectivity index (χ0n) is 11.5. The summed E-state index contributed by atoms with van der Waals surface area (Å²) in [5.41, 5.74) is 1.35. The van der Waals surface area contributed by atoms with E-state index in [1.807, 2.05) is 38.1 Å². The zero-order chi connectivity index (χ0) is 14.7. The number of aromatic nitrogens is 1. The van der Waals surface area contributed by atoms with E-state index >= 15 is 0 Å². The number of hydrogen-bond donors (Lipinski definition) is 3. The van der Waals surface area contributed by atoms with Gasteiger partial charge in [-0.15, -0.1) is 0 Å². The van der Waals surface area contributed by atoms with E-state index in [1.165, 1.54) is 6.20 Å². The van der Waals surface area contributed by atoms with Crippen LogP contribution < -0.4 is 5.32 Å². The average molecular weight is 274 g/mol. The maximum absolute atomic E-state index is 11.4. The first-order valence-corrected chi connectivity index (χ1v) is 6.53. The summed E-state index contributed by atoms with van der Waals surface area (Å²) >= 11 is 0. The molecule has 5 heteroatoms. The second-order valence-electron chi connectivity index (χ2n) is 5.05. The number of pyridine rings is 1. The van der Waals surface area contributed by atoms with Crippen LogP contribution in [0.1, 0.15) is 24.2 Å². The highest BCUT2D eigenvalue weighted by Gasteiger charge is 2.19. The molecule has 2 rings (SSSR count). The topological polar surface area (TPSA) is 82.5 Å². The molecule has 20 heavy (non-hydrogen) atoms. The summed E-state index contributed by atoms with van der Waals surface area (Å²) in [5, 5.41) is 22.6. The van der Waals surface area contributed by atoms with Crippen LogP contribution in [-0.2, 0) is 0 Å². The summed E-state index contributed by atoms with van der Waals surface area (Å²) in [5.74, 6) is -0.861. The minimum atomic E-state index is -1.04. The van der Waals surface area contributed by atoms with Gasteiger partial charge in [0.25, 0.3) is 0 Å². The number of rotatable bonds is 5. The molecule has 1 aromatic heterocycles. The van der Waals surface area contributed by atoms with Gasteiger partial charge >= 0.3 is 5.97 Å². The summed E-state index contributed by atoms with van der Waals surface area (Å²) < 4.78 is 0. The molecule has 0 saturated heterocycles. The molecule has 1 atom stereocenters. The minimum Gasteiger partial charge on any atom is -0.478 e. The first-order chi connectivity index (χ1) is 9.54. The van der Waals surface area contributed by atoms with Crippen molar-refractivity contribution in [1.29, 1.82) is 0 Å². The summed E-state index contributed by atoms with van der Waals surface area (Å²) in [6.07, 6.45) is 1.35. The molecule has 3 N–H and O–H groups in total. The van der Waals surface area contributed by atoms with Crippen molar-refractivity contribution >= 4 is 22.6 Å². The quantitative estimate of drug-likeness (QED) is 0.779. The van der Waals surface area contributed by atoms with E-state index in [-0.39, 0.29) is 24.1 Å². The first kappa shape index (κ1) is 14.3. The summed E-state index contributed by atoms with van der Waals surface area (Å²) in [6.45, 7) is 3.88. The highest BCUT2D eigenvalue weighted by atomic mass is 16.4.